The molecular weight excluding hydrogens is 290 g/mol. The summed E-state index contributed by atoms with van der Waals surface area (Å²) in [7, 11) is 0. The fourth-order valence-electron chi connectivity index (χ4n) is 1.72. The summed E-state index contributed by atoms with van der Waals surface area (Å²) in [5.41, 5.74) is 0.625. The normalized spacial score (nSPS) is 11.0. The maximum absolute atomic E-state index is 12.0. The van der Waals surface area contributed by atoms with Gasteiger partial charge in [-0.15, -0.1) is 21.5 Å². The van der Waals surface area contributed by atoms with Crippen molar-refractivity contribution in [2.24, 2.45) is 0 Å². The number of carbonyl (C=O) groups excluding carboxylic acids is 1. The molecule has 6 nitrogen and oxygen atoms in total. The number of anilines is 1. The highest BCUT2D eigenvalue weighted by molar-refractivity contribution is 7.14. The van der Waals surface area contributed by atoms with Gasteiger partial charge in [0, 0.05) is 5.92 Å². The van der Waals surface area contributed by atoms with Crippen molar-refractivity contribution >= 4 is 22.9 Å². The third kappa shape index (κ3) is 2.73. The van der Waals surface area contributed by atoms with Gasteiger partial charge in [0.15, 0.2) is 5.76 Å². The van der Waals surface area contributed by atoms with Gasteiger partial charge < -0.3 is 14.2 Å². The number of nitrogens with one attached hydrogen (secondary N) is 1. The summed E-state index contributed by atoms with van der Waals surface area (Å²) in [6.45, 7) is 3.95. The molecule has 0 saturated heterocycles. The first-order valence-corrected chi connectivity index (χ1v) is 7.29. The Labute approximate surface area is 124 Å². The molecule has 0 radical (unpaired) electrons. The molecule has 0 bridgehead atoms. The van der Waals surface area contributed by atoms with Crippen LogP contribution in [-0.2, 0) is 0 Å². The second-order valence-electron chi connectivity index (χ2n) is 4.69. The zero-order chi connectivity index (χ0) is 14.8. The van der Waals surface area contributed by atoms with Gasteiger partial charge in [-0.1, -0.05) is 13.8 Å². The van der Waals surface area contributed by atoms with Crippen molar-refractivity contribution in [1.29, 1.82) is 0 Å². The number of amides is 1. The fourth-order valence-corrected chi connectivity index (χ4v) is 2.49. The highest BCUT2D eigenvalue weighted by Gasteiger charge is 2.18. The SMILES string of the molecule is CC(C)c1nnc(-c2sccc2NC(=O)c2ccco2)o1. The van der Waals surface area contributed by atoms with Gasteiger partial charge in [0.25, 0.3) is 11.8 Å². The van der Waals surface area contributed by atoms with E-state index in [9.17, 15) is 4.79 Å². The van der Waals surface area contributed by atoms with Crippen LogP contribution >= 0.6 is 11.3 Å². The van der Waals surface area contributed by atoms with Crippen LogP contribution in [0.3, 0.4) is 0 Å². The van der Waals surface area contributed by atoms with Crippen molar-refractivity contribution in [3.63, 3.8) is 0 Å². The molecule has 0 fully saturated rings. The number of carbonyl (C=O) groups is 1. The highest BCUT2D eigenvalue weighted by Crippen LogP contribution is 2.33. The summed E-state index contributed by atoms with van der Waals surface area (Å²) < 4.78 is 10.7. The molecule has 3 rings (SSSR count). The minimum Gasteiger partial charge on any atom is -0.459 e. The molecule has 7 heteroatoms. The monoisotopic (exact) mass is 303 g/mol. The molecule has 21 heavy (non-hydrogen) atoms. The van der Waals surface area contributed by atoms with Crippen LogP contribution in [0.5, 0.6) is 0 Å². The van der Waals surface area contributed by atoms with Gasteiger partial charge in [0.1, 0.15) is 4.88 Å². The molecule has 3 aromatic heterocycles. The van der Waals surface area contributed by atoms with E-state index in [1.807, 2.05) is 19.2 Å². The van der Waals surface area contributed by atoms with E-state index < -0.39 is 0 Å². The molecule has 108 valence electrons. The van der Waals surface area contributed by atoms with Crippen molar-refractivity contribution in [1.82, 2.24) is 10.2 Å². The molecular formula is C14H13N3O3S. The third-order valence-corrected chi connectivity index (χ3v) is 3.69. The largest absolute Gasteiger partial charge is 0.459 e. The quantitative estimate of drug-likeness (QED) is 0.793. The molecule has 1 N–H and O–H groups in total. The highest BCUT2D eigenvalue weighted by atomic mass is 32.1. The smallest absolute Gasteiger partial charge is 0.291 e. The summed E-state index contributed by atoms with van der Waals surface area (Å²) in [6, 6.07) is 5.06. The first kappa shape index (κ1) is 13.6. The van der Waals surface area contributed by atoms with E-state index in [2.05, 4.69) is 15.5 Å². The molecule has 0 aliphatic heterocycles. The van der Waals surface area contributed by atoms with Crippen LogP contribution in [0.15, 0.2) is 38.7 Å². The average Bonchev–Trinajstić information content (AvgIpc) is 3.19. The molecule has 1 amide bonds. The average molecular weight is 303 g/mol. The number of nitrogens with zero attached hydrogens (tertiary/aromatic N) is 2. The van der Waals surface area contributed by atoms with Crippen LogP contribution in [-0.4, -0.2) is 16.1 Å². The minimum atomic E-state index is -0.316. The lowest BCUT2D eigenvalue weighted by atomic mass is 10.2. The van der Waals surface area contributed by atoms with Gasteiger partial charge in [-0.25, -0.2) is 0 Å². The third-order valence-electron chi connectivity index (χ3n) is 2.79. The Morgan fingerprint density at radius 2 is 2.19 bits per heavy atom. The van der Waals surface area contributed by atoms with Crippen molar-refractivity contribution in [2.45, 2.75) is 19.8 Å². The number of rotatable bonds is 4. The van der Waals surface area contributed by atoms with Gasteiger partial charge in [0.2, 0.25) is 5.89 Å². The van der Waals surface area contributed by atoms with E-state index >= 15 is 0 Å². The Kier molecular flexibility index (Phi) is 3.57. The summed E-state index contributed by atoms with van der Waals surface area (Å²) in [4.78, 5) is 12.7. The van der Waals surface area contributed by atoms with Crippen molar-refractivity contribution in [2.75, 3.05) is 5.32 Å². The van der Waals surface area contributed by atoms with Crippen LogP contribution < -0.4 is 5.32 Å². The van der Waals surface area contributed by atoms with Crippen LogP contribution in [0.4, 0.5) is 5.69 Å². The van der Waals surface area contributed by atoms with Gasteiger partial charge in [0.05, 0.1) is 12.0 Å². The van der Waals surface area contributed by atoms with Crippen LogP contribution in [0, 0.1) is 0 Å². The molecule has 0 saturated carbocycles. The lowest BCUT2D eigenvalue weighted by Gasteiger charge is -2.02. The van der Waals surface area contributed by atoms with E-state index in [4.69, 9.17) is 8.83 Å². The zero-order valence-corrected chi connectivity index (χ0v) is 12.3. The Morgan fingerprint density at radius 3 is 2.86 bits per heavy atom. The summed E-state index contributed by atoms with van der Waals surface area (Å²) in [6.07, 6.45) is 1.45. The zero-order valence-electron chi connectivity index (χ0n) is 11.5. The number of hydrogen-bond donors (Lipinski definition) is 1. The van der Waals surface area contributed by atoms with Gasteiger partial charge >= 0.3 is 0 Å². The Balaban J connectivity index is 1.85. The number of furan rings is 1. The van der Waals surface area contributed by atoms with Crippen molar-refractivity contribution in [3.05, 3.63) is 41.5 Å². The van der Waals surface area contributed by atoms with E-state index in [-0.39, 0.29) is 17.6 Å². The molecule has 0 aliphatic carbocycles. The van der Waals surface area contributed by atoms with Gasteiger partial charge in [-0.2, -0.15) is 0 Å². The molecule has 0 atom stereocenters. The summed E-state index contributed by atoms with van der Waals surface area (Å²) in [5.74, 6) is 1.07. The topological polar surface area (TPSA) is 81.2 Å². The number of hydrogen-bond acceptors (Lipinski definition) is 6. The summed E-state index contributed by atoms with van der Waals surface area (Å²) >= 11 is 1.43. The second kappa shape index (κ2) is 5.53. The summed E-state index contributed by atoms with van der Waals surface area (Å²) in [5, 5.41) is 12.7. The molecule has 0 spiro atoms. The van der Waals surface area contributed by atoms with Crippen molar-refractivity contribution in [3.8, 4) is 10.8 Å². The number of aromatic nitrogens is 2. The lowest BCUT2D eigenvalue weighted by Crippen LogP contribution is -2.10. The van der Waals surface area contributed by atoms with Crippen molar-refractivity contribution < 1.29 is 13.6 Å². The maximum atomic E-state index is 12.0. The second-order valence-corrected chi connectivity index (χ2v) is 5.61. The van der Waals surface area contributed by atoms with E-state index in [0.717, 1.165) is 4.88 Å². The molecule has 0 aliphatic rings. The van der Waals surface area contributed by atoms with Gasteiger partial charge in [-0.3, -0.25) is 4.79 Å². The standard InChI is InChI=1S/C14H13N3O3S/c1-8(2)13-16-17-14(20-13)11-9(5-7-21-11)15-12(18)10-4-3-6-19-10/h3-8H,1-2H3,(H,15,18). The van der Waals surface area contributed by atoms with Crippen LogP contribution in [0.25, 0.3) is 10.8 Å². The fraction of sp³-hybridized carbons (Fsp3) is 0.214. The Hall–Kier alpha value is -2.41. The molecule has 3 aromatic rings. The van der Waals surface area contributed by atoms with Gasteiger partial charge in [-0.05, 0) is 23.6 Å². The first-order chi connectivity index (χ1) is 10.1. The predicted octanol–water partition coefficient (Wildman–Crippen LogP) is 3.77. The lowest BCUT2D eigenvalue weighted by molar-refractivity contribution is 0.0997. The van der Waals surface area contributed by atoms with E-state index in [1.54, 1.807) is 18.2 Å². The molecule has 0 aromatic carbocycles. The molecule has 0 unspecified atom stereocenters. The Bertz CT molecular complexity index is 743. The predicted molar refractivity (Wildman–Crippen MR) is 78.4 cm³/mol. The maximum Gasteiger partial charge on any atom is 0.291 e. The minimum absolute atomic E-state index is 0.160. The van der Waals surface area contributed by atoms with Crippen LogP contribution in [0.2, 0.25) is 0 Å². The number of thiophene rings is 1. The Morgan fingerprint density at radius 1 is 1.33 bits per heavy atom. The van der Waals surface area contributed by atoms with Crippen LogP contribution in [0.1, 0.15) is 36.2 Å². The van der Waals surface area contributed by atoms with E-state index in [1.165, 1.54) is 17.6 Å². The first-order valence-electron chi connectivity index (χ1n) is 6.41. The van der Waals surface area contributed by atoms with E-state index in [0.29, 0.717) is 17.5 Å². The molecule has 3 heterocycles.